The predicted octanol–water partition coefficient (Wildman–Crippen LogP) is 2.54. The van der Waals surface area contributed by atoms with Crippen molar-refractivity contribution in [3.63, 3.8) is 0 Å². The quantitative estimate of drug-likeness (QED) is 0.294. The lowest BCUT2D eigenvalue weighted by atomic mass is 10.1. The van der Waals surface area contributed by atoms with Crippen molar-refractivity contribution < 1.29 is 19.5 Å². The highest BCUT2D eigenvalue weighted by atomic mass is 16.5. The molecule has 3 N–H and O–H groups in total. The molecule has 0 bridgehead atoms. The molecule has 126 valence electrons. The van der Waals surface area contributed by atoms with E-state index in [0.29, 0.717) is 11.4 Å². The van der Waals surface area contributed by atoms with Crippen LogP contribution in [0.1, 0.15) is 15.9 Å². The van der Waals surface area contributed by atoms with Gasteiger partial charge in [0.15, 0.2) is 0 Å². The number of H-pyrrole nitrogens is 1. The Labute approximate surface area is 142 Å². The van der Waals surface area contributed by atoms with Crippen molar-refractivity contribution in [1.82, 2.24) is 15.4 Å². The Hall–Kier alpha value is -3.45. The first kappa shape index (κ1) is 16.4. The van der Waals surface area contributed by atoms with Gasteiger partial charge >= 0.3 is 5.97 Å². The minimum Gasteiger partial charge on any atom is -0.465 e. The summed E-state index contributed by atoms with van der Waals surface area (Å²) < 4.78 is 4.72. The molecule has 7 heteroatoms. The largest absolute Gasteiger partial charge is 0.465 e. The Kier molecular flexibility index (Phi) is 4.58. The van der Waals surface area contributed by atoms with E-state index in [1.807, 2.05) is 24.3 Å². The molecular formula is C18H15N3O4. The van der Waals surface area contributed by atoms with Crippen molar-refractivity contribution in [3.8, 4) is 11.4 Å². The molecule has 1 amide bonds. The predicted molar refractivity (Wildman–Crippen MR) is 91.8 cm³/mol. The van der Waals surface area contributed by atoms with E-state index < -0.39 is 11.9 Å². The minimum absolute atomic E-state index is 0.410. The van der Waals surface area contributed by atoms with Crippen LogP contribution >= 0.6 is 0 Å². The number of methoxy groups -OCH3 is 1. The molecule has 0 saturated carbocycles. The number of carbonyl (C=O) groups is 2. The number of carbonyl (C=O) groups excluding carboxylic acids is 2. The van der Waals surface area contributed by atoms with Crippen LogP contribution in [0.5, 0.6) is 0 Å². The van der Waals surface area contributed by atoms with Gasteiger partial charge in [-0.3, -0.25) is 10.0 Å². The summed E-state index contributed by atoms with van der Waals surface area (Å²) in [5.74, 6) is -0.379. The lowest BCUT2D eigenvalue weighted by molar-refractivity contribution is -0.124. The van der Waals surface area contributed by atoms with Crippen LogP contribution in [-0.2, 0) is 9.53 Å². The van der Waals surface area contributed by atoms with E-state index in [1.54, 1.807) is 24.3 Å². The molecule has 2 aromatic carbocycles. The van der Waals surface area contributed by atoms with Crippen LogP contribution in [0, 0.1) is 0 Å². The first-order valence-electron chi connectivity index (χ1n) is 7.41. The number of fused-ring (bicyclic) bond motifs is 1. The Morgan fingerprint density at radius 3 is 2.84 bits per heavy atom. The Balaban J connectivity index is 1.95. The Morgan fingerprint density at radius 1 is 1.24 bits per heavy atom. The molecule has 1 aromatic heterocycles. The van der Waals surface area contributed by atoms with E-state index in [0.717, 1.165) is 22.2 Å². The number of aromatic amines is 1. The summed E-state index contributed by atoms with van der Waals surface area (Å²) in [6.45, 7) is 0. The molecule has 25 heavy (non-hydrogen) atoms. The van der Waals surface area contributed by atoms with Crippen LogP contribution in [0.3, 0.4) is 0 Å². The number of ether oxygens (including phenoxy) is 1. The molecule has 0 spiro atoms. The van der Waals surface area contributed by atoms with Gasteiger partial charge in [-0.1, -0.05) is 18.2 Å². The Bertz CT molecular complexity index is 975. The molecule has 0 aliphatic rings. The van der Waals surface area contributed by atoms with Gasteiger partial charge in [-0.05, 0) is 35.9 Å². The molecule has 0 fully saturated rings. The second-order valence-electron chi connectivity index (χ2n) is 5.24. The number of aromatic nitrogens is 2. The number of esters is 1. The molecule has 7 nitrogen and oxygen atoms in total. The van der Waals surface area contributed by atoms with Crippen LogP contribution in [0.2, 0.25) is 0 Å². The van der Waals surface area contributed by atoms with E-state index in [1.165, 1.54) is 18.7 Å². The average molecular weight is 337 g/mol. The first-order valence-corrected chi connectivity index (χ1v) is 7.41. The van der Waals surface area contributed by atoms with E-state index in [9.17, 15) is 9.59 Å². The number of benzene rings is 2. The van der Waals surface area contributed by atoms with Crippen molar-refractivity contribution in [1.29, 1.82) is 0 Å². The molecular weight excluding hydrogens is 322 g/mol. The van der Waals surface area contributed by atoms with Gasteiger partial charge in [0.2, 0.25) is 0 Å². The number of amides is 1. The smallest absolute Gasteiger partial charge is 0.337 e. The van der Waals surface area contributed by atoms with E-state index in [2.05, 4.69) is 9.97 Å². The zero-order valence-electron chi connectivity index (χ0n) is 13.3. The zero-order valence-corrected chi connectivity index (χ0v) is 13.3. The summed E-state index contributed by atoms with van der Waals surface area (Å²) in [6.07, 6.45) is 2.80. The molecule has 3 rings (SSSR count). The third-order valence-corrected chi connectivity index (χ3v) is 3.60. The summed E-state index contributed by atoms with van der Waals surface area (Å²) in [5, 5.41) is 8.51. The minimum atomic E-state index is -0.607. The Morgan fingerprint density at radius 2 is 2.08 bits per heavy atom. The number of nitrogens with one attached hydrogen (secondary N) is 2. The molecule has 0 atom stereocenters. The van der Waals surface area contributed by atoms with Crippen molar-refractivity contribution in [2.45, 2.75) is 0 Å². The van der Waals surface area contributed by atoms with Gasteiger partial charge in [-0.25, -0.2) is 15.3 Å². The third kappa shape index (κ3) is 3.56. The number of hydroxylamine groups is 1. The lowest BCUT2D eigenvalue weighted by Crippen LogP contribution is -2.14. The summed E-state index contributed by atoms with van der Waals surface area (Å²) in [7, 11) is 1.33. The van der Waals surface area contributed by atoms with Gasteiger partial charge in [0.1, 0.15) is 5.82 Å². The van der Waals surface area contributed by atoms with Gasteiger partial charge in [-0.15, -0.1) is 0 Å². The highest BCUT2D eigenvalue weighted by molar-refractivity contribution is 5.94. The standard InChI is InChI=1S/C18H15N3O4/c1-25-18(23)13-6-7-14-15(10-13)20-17(19-14)12-4-2-3-11(9-12)5-8-16(22)21-24/h2-10,24H,1H3,(H,19,20)(H,21,22). The van der Waals surface area contributed by atoms with Crippen LogP contribution in [0.25, 0.3) is 28.5 Å². The first-order chi connectivity index (χ1) is 12.1. The van der Waals surface area contributed by atoms with Crippen LogP contribution in [0.15, 0.2) is 48.5 Å². The summed E-state index contributed by atoms with van der Waals surface area (Å²) in [6, 6.07) is 12.5. The summed E-state index contributed by atoms with van der Waals surface area (Å²) in [4.78, 5) is 30.4. The number of rotatable bonds is 4. The zero-order chi connectivity index (χ0) is 17.8. The fourth-order valence-corrected chi connectivity index (χ4v) is 2.39. The molecule has 0 aliphatic heterocycles. The monoisotopic (exact) mass is 337 g/mol. The fourth-order valence-electron chi connectivity index (χ4n) is 2.39. The second kappa shape index (κ2) is 6.98. The van der Waals surface area contributed by atoms with Crippen LogP contribution in [-0.4, -0.2) is 34.2 Å². The number of hydrogen-bond donors (Lipinski definition) is 3. The molecule has 0 unspecified atom stereocenters. The third-order valence-electron chi connectivity index (χ3n) is 3.60. The van der Waals surface area contributed by atoms with Crippen molar-refractivity contribution in [2.24, 2.45) is 0 Å². The SMILES string of the molecule is COC(=O)c1ccc2nc(-c3cccc(C=CC(=O)NO)c3)[nH]c2c1. The van der Waals surface area contributed by atoms with E-state index in [4.69, 9.17) is 9.94 Å². The average Bonchev–Trinajstić information content (AvgIpc) is 3.09. The molecule has 3 aromatic rings. The summed E-state index contributed by atoms with van der Waals surface area (Å²) in [5.41, 5.74) is 5.02. The van der Waals surface area contributed by atoms with E-state index in [-0.39, 0.29) is 0 Å². The molecule has 0 saturated heterocycles. The van der Waals surface area contributed by atoms with Gasteiger partial charge in [0.05, 0.1) is 23.7 Å². The second-order valence-corrected chi connectivity index (χ2v) is 5.24. The highest BCUT2D eigenvalue weighted by Gasteiger charge is 2.10. The normalized spacial score (nSPS) is 11.0. The molecule has 0 radical (unpaired) electrons. The maximum atomic E-state index is 11.6. The maximum Gasteiger partial charge on any atom is 0.337 e. The van der Waals surface area contributed by atoms with Crippen molar-refractivity contribution in [2.75, 3.05) is 7.11 Å². The number of hydrogen-bond acceptors (Lipinski definition) is 5. The number of imidazole rings is 1. The van der Waals surface area contributed by atoms with Crippen LogP contribution in [0.4, 0.5) is 0 Å². The summed E-state index contributed by atoms with van der Waals surface area (Å²) >= 11 is 0. The van der Waals surface area contributed by atoms with Crippen molar-refractivity contribution in [3.05, 3.63) is 59.7 Å². The van der Waals surface area contributed by atoms with Gasteiger partial charge in [0.25, 0.3) is 5.91 Å². The number of nitrogens with zero attached hydrogens (tertiary/aromatic N) is 1. The topological polar surface area (TPSA) is 104 Å². The fraction of sp³-hybridized carbons (Fsp3) is 0.0556. The van der Waals surface area contributed by atoms with Gasteiger partial charge < -0.3 is 9.72 Å². The van der Waals surface area contributed by atoms with E-state index >= 15 is 0 Å². The maximum absolute atomic E-state index is 11.6. The van der Waals surface area contributed by atoms with Crippen molar-refractivity contribution >= 4 is 29.0 Å². The van der Waals surface area contributed by atoms with Gasteiger partial charge in [-0.2, -0.15) is 0 Å². The highest BCUT2D eigenvalue weighted by Crippen LogP contribution is 2.23. The van der Waals surface area contributed by atoms with Gasteiger partial charge in [0, 0.05) is 11.6 Å². The molecule has 0 aliphatic carbocycles. The van der Waals surface area contributed by atoms with Crippen LogP contribution < -0.4 is 5.48 Å². The molecule has 1 heterocycles. The lowest BCUT2D eigenvalue weighted by Gasteiger charge is -1.99.